The van der Waals surface area contributed by atoms with Gasteiger partial charge in [0.15, 0.2) is 10.3 Å². The van der Waals surface area contributed by atoms with Crippen molar-refractivity contribution >= 4 is 34.1 Å². The molecule has 0 unspecified atom stereocenters. The van der Waals surface area contributed by atoms with Gasteiger partial charge in [-0.05, 0) is 13.3 Å². The van der Waals surface area contributed by atoms with Crippen molar-refractivity contribution < 1.29 is 4.79 Å². The Balaban J connectivity index is 1.64. The highest BCUT2D eigenvalue weighted by molar-refractivity contribution is 7.99. The maximum Gasteiger partial charge on any atom is 0.251 e. The van der Waals surface area contributed by atoms with Gasteiger partial charge in [-0.15, -0.1) is 11.3 Å². The zero-order chi connectivity index (χ0) is 18.5. The number of amides is 1. The number of hydrogen-bond donors (Lipinski definition) is 2. The quantitative estimate of drug-likeness (QED) is 0.500. The van der Waals surface area contributed by atoms with Crippen LogP contribution in [0, 0.1) is 6.92 Å². The standard InChI is InChI=1S/C18H18N4O2S2/c1-3-13-9-14(23)20-17(19-13)25-10-15(24)21-18-22-16(11(2)26-18)12-7-5-4-6-8-12/h4-9H,3,10H2,1-2H3,(H,19,20,23)(H,21,22,24). The van der Waals surface area contributed by atoms with Crippen LogP contribution in [0.3, 0.4) is 0 Å². The average Bonchev–Trinajstić information content (AvgIpc) is 3.00. The number of carbonyl (C=O) groups excluding carboxylic acids is 1. The molecular formula is C18H18N4O2S2. The number of aromatic amines is 1. The van der Waals surface area contributed by atoms with Crippen molar-refractivity contribution in [1.29, 1.82) is 0 Å². The zero-order valence-corrected chi connectivity index (χ0v) is 16.0. The molecule has 0 fully saturated rings. The van der Waals surface area contributed by atoms with Gasteiger partial charge in [0, 0.05) is 22.2 Å². The van der Waals surface area contributed by atoms with Gasteiger partial charge in [-0.25, -0.2) is 9.97 Å². The monoisotopic (exact) mass is 386 g/mol. The predicted octanol–water partition coefficient (Wildman–Crippen LogP) is 3.50. The van der Waals surface area contributed by atoms with Gasteiger partial charge < -0.3 is 10.3 Å². The summed E-state index contributed by atoms with van der Waals surface area (Å²) in [4.78, 5) is 36.3. The number of nitrogens with one attached hydrogen (secondary N) is 2. The number of anilines is 1. The van der Waals surface area contributed by atoms with Crippen LogP contribution < -0.4 is 10.9 Å². The third-order valence-electron chi connectivity index (χ3n) is 3.57. The fourth-order valence-corrected chi connectivity index (χ4v) is 3.88. The molecule has 8 heteroatoms. The summed E-state index contributed by atoms with van der Waals surface area (Å²) in [5, 5.41) is 3.83. The van der Waals surface area contributed by atoms with Crippen LogP contribution in [0.5, 0.6) is 0 Å². The van der Waals surface area contributed by atoms with E-state index in [-0.39, 0.29) is 17.2 Å². The number of thioether (sulfide) groups is 1. The molecule has 0 radical (unpaired) electrons. The lowest BCUT2D eigenvalue weighted by Gasteiger charge is -2.03. The second-order valence-corrected chi connectivity index (χ2v) is 7.69. The van der Waals surface area contributed by atoms with Crippen LogP contribution in [-0.4, -0.2) is 26.6 Å². The summed E-state index contributed by atoms with van der Waals surface area (Å²) >= 11 is 2.64. The molecule has 3 rings (SSSR count). The van der Waals surface area contributed by atoms with E-state index in [0.717, 1.165) is 16.1 Å². The number of benzene rings is 1. The van der Waals surface area contributed by atoms with E-state index in [9.17, 15) is 9.59 Å². The van der Waals surface area contributed by atoms with E-state index in [2.05, 4.69) is 20.3 Å². The largest absolute Gasteiger partial charge is 0.301 e. The van der Waals surface area contributed by atoms with E-state index in [1.54, 1.807) is 0 Å². The number of carbonyl (C=O) groups is 1. The molecular weight excluding hydrogens is 368 g/mol. The molecule has 1 amide bonds. The van der Waals surface area contributed by atoms with Gasteiger partial charge >= 0.3 is 0 Å². The second-order valence-electron chi connectivity index (χ2n) is 5.52. The molecule has 0 aliphatic carbocycles. The van der Waals surface area contributed by atoms with Crippen LogP contribution in [-0.2, 0) is 11.2 Å². The molecule has 26 heavy (non-hydrogen) atoms. The normalized spacial score (nSPS) is 10.7. The van der Waals surface area contributed by atoms with Gasteiger partial charge in [0.05, 0.1) is 11.4 Å². The van der Waals surface area contributed by atoms with Crippen LogP contribution in [0.1, 0.15) is 17.5 Å². The zero-order valence-electron chi connectivity index (χ0n) is 14.4. The Morgan fingerprint density at radius 1 is 1.27 bits per heavy atom. The predicted molar refractivity (Wildman–Crippen MR) is 106 cm³/mol. The van der Waals surface area contributed by atoms with Crippen molar-refractivity contribution in [2.75, 3.05) is 11.1 Å². The number of aryl methyl sites for hydroxylation is 2. The molecule has 2 heterocycles. The Morgan fingerprint density at radius 3 is 2.77 bits per heavy atom. The van der Waals surface area contributed by atoms with Crippen LogP contribution in [0.15, 0.2) is 46.3 Å². The molecule has 0 atom stereocenters. The van der Waals surface area contributed by atoms with Crippen LogP contribution >= 0.6 is 23.1 Å². The average molecular weight is 387 g/mol. The summed E-state index contributed by atoms with van der Waals surface area (Å²) in [6.45, 7) is 3.91. The first-order valence-corrected chi connectivity index (χ1v) is 9.91. The molecule has 0 aliphatic heterocycles. The minimum atomic E-state index is -0.206. The number of thiazole rings is 1. The number of H-pyrrole nitrogens is 1. The Kier molecular flexibility index (Phi) is 5.85. The van der Waals surface area contributed by atoms with E-state index in [0.29, 0.717) is 22.4 Å². The second kappa shape index (κ2) is 8.29. The van der Waals surface area contributed by atoms with Gasteiger partial charge in [0.1, 0.15) is 0 Å². The van der Waals surface area contributed by atoms with Crippen molar-refractivity contribution in [2.45, 2.75) is 25.4 Å². The SMILES string of the molecule is CCc1cc(=O)[nH]c(SCC(=O)Nc2nc(-c3ccccc3)c(C)s2)n1. The highest BCUT2D eigenvalue weighted by Crippen LogP contribution is 2.30. The molecule has 6 nitrogen and oxygen atoms in total. The lowest BCUT2D eigenvalue weighted by Crippen LogP contribution is -2.15. The molecule has 0 bridgehead atoms. The first-order chi connectivity index (χ1) is 12.5. The smallest absolute Gasteiger partial charge is 0.251 e. The Labute approximate surface area is 159 Å². The number of nitrogens with zero attached hydrogens (tertiary/aromatic N) is 2. The Bertz CT molecular complexity index is 967. The fraction of sp³-hybridized carbons (Fsp3) is 0.222. The summed E-state index contributed by atoms with van der Waals surface area (Å²) < 4.78 is 0. The van der Waals surface area contributed by atoms with Gasteiger partial charge in [-0.1, -0.05) is 49.0 Å². The third-order valence-corrected chi connectivity index (χ3v) is 5.32. The molecule has 0 saturated carbocycles. The summed E-state index contributed by atoms with van der Waals surface area (Å²) in [6, 6.07) is 11.3. The molecule has 0 aliphatic rings. The van der Waals surface area contributed by atoms with Gasteiger partial charge in [0.25, 0.3) is 5.56 Å². The molecule has 2 aromatic heterocycles. The summed E-state index contributed by atoms with van der Waals surface area (Å²) in [5.41, 5.74) is 2.40. The summed E-state index contributed by atoms with van der Waals surface area (Å²) in [5.74, 6) is -0.0389. The number of hydrogen-bond acceptors (Lipinski definition) is 6. The first kappa shape index (κ1) is 18.3. The van der Waals surface area contributed by atoms with Gasteiger partial charge in [0.2, 0.25) is 5.91 Å². The first-order valence-electron chi connectivity index (χ1n) is 8.11. The van der Waals surface area contributed by atoms with Crippen molar-refractivity contribution in [1.82, 2.24) is 15.0 Å². The summed E-state index contributed by atoms with van der Waals surface area (Å²) in [7, 11) is 0. The van der Waals surface area contributed by atoms with E-state index in [1.807, 2.05) is 44.2 Å². The van der Waals surface area contributed by atoms with E-state index < -0.39 is 0 Å². The van der Waals surface area contributed by atoms with Crippen LogP contribution in [0.2, 0.25) is 0 Å². The lowest BCUT2D eigenvalue weighted by atomic mass is 10.1. The van der Waals surface area contributed by atoms with E-state index in [4.69, 9.17) is 0 Å². The highest BCUT2D eigenvalue weighted by Gasteiger charge is 2.12. The highest BCUT2D eigenvalue weighted by atomic mass is 32.2. The number of aromatic nitrogens is 3. The van der Waals surface area contributed by atoms with Crippen molar-refractivity contribution in [3.05, 3.63) is 57.3 Å². The molecule has 134 valence electrons. The van der Waals surface area contributed by atoms with Gasteiger partial charge in [-0.2, -0.15) is 0 Å². The molecule has 0 saturated heterocycles. The molecule has 1 aromatic carbocycles. The fourth-order valence-electron chi connectivity index (χ4n) is 2.34. The minimum absolute atomic E-state index is 0.148. The maximum atomic E-state index is 12.2. The summed E-state index contributed by atoms with van der Waals surface area (Å²) in [6.07, 6.45) is 0.671. The van der Waals surface area contributed by atoms with Crippen molar-refractivity contribution in [3.8, 4) is 11.3 Å². The third kappa shape index (κ3) is 4.59. The minimum Gasteiger partial charge on any atom is -0.301 e. The maximum absolute atomic E-state index is 12.2. The number of rotatable bonds is 6. The molecule has 3 aromatic rings. The van der Waals surface area contributed by atoms with E-state index in [1.165, 1.54) is 29.2 Å². The topological polar surface area (TPSA) is 87.7 Å². The molecule has 2 N–H and O–H groups in total. The van der Waals surface area contributed by atoms with Gasteiger partial charge in [-0.3, -0.25) is 9.59 Å². The van der Waals surface area contributed by atoms with Crippen LogP contribution in [0.25, 0.3) is 11.3 Å². The molecule has 0 spiro atoms. The van der Waals surface area contributed by atoms with Crippen molar-refractivity contribution in [3.63, 3.8) is 0 Å². The van der Waals surface area contributed by atoms with Crippen molar-refractivity contribution in [2.24, 2.45) is 0 Å². The Hall–Kier alpha value is -2.45. The van der Waals surface area contributed by atoms with Crippen LogP contribution in [0.4, 0.5) is 5.13 Å². The lowest BCUT2D eigenvalue weighted by molar-refractivity contribution is -0.113. The van der Waals surface area contributed by atoms with E-state index >= 15 is 0 Å². The Morgan fingerprint density at radius 2 is 2.04 bits per heavy atom.